The van der Waals surface area contributed by atoms with E-state index in [2.05, 4.69) is 5.10 Å². The lowest BCUT2D eigenvalue weighted by atomic mass is 9.84. The zero-order chi connectivity index (χ0) is 22.4. The van der Waals surface area contributed by atoms with Gasteiger partial charge < -0.3 is 0 Å². The Balaban J connectivity index is 1.44. The minimum atomic E-state index is -0.637. The normalized spacial score (nSPS) is 22.4. The molecule has 2 amide bonds. The van der Waals surface area contributed by atoms with E-state index in [1.807, 2.05) is 30.3 Å². The van der Waals surface area contributed by atoms with Crippen LogP contribution >= 0.6 is 11.6 Å². The van der Waals surface area contributed by atoms with E-state index >= 15 is 0 Å². The molecule has 1 N–H and O–H groups in total. The Labute approximate surface area is 187 Å². The minimum Gasteiger partial charge on any atom is -0.274 e. The van der Waals surface area contributed by atoms with Crippen LogP contribution in [-0.2, 0) is 16.1 Å². The molecule has 3 aromatic rings. The van der Waals surface area contributed by atoms with Crippen LogP contribution < -0.4 is 16.3 Å². The number of halogens is 1. The molecule has 1 aromatic heterocycles. The SMILES string of the molecule is O=C1[C@H]2C[C@@H](n3[nH]c(=O)n(Cc4ccccc4)c3=O)C=C[C@H]2C(=O)N1c1ccccc1Cl. The minimum absolute atomic E-state index is 0.141. The first-order valence-electron chi connectivity index (χ1n) is 10.2. The molecule has 162 valence electrons. The highest BCUT2D eigenvalue weighted by Gasteiger charge is 2.49. The van der Waals surface area contributed by atoms with Gasteiger partial charge in [-0.25, -0.2) is 28.8 Å². The summed E-state index contributed by atoms with van der Waals surface area (Å²) in [5, 5.41) is 2.90. The van der Waals surface area contributed by atoms with Gasteiger partial charge in [0.25, 0.3) is 0 Å². The lowest BCUT2D eigenvalue weighted by molar-refractivity contribution is -0.122. The van der Waals surface area contributed by atoms with Crippen LogP contribution in [0.3, 0.4) is 0 Å². The fraction of sp³-hybridized carbons (Fsp3) is 0.217. The summed E-state index contributed by atoms with van der Waals surface area (Å²) in [6.07, 6.45) is 3.57. The molecule has 0 bridgehead atoms. The smallest absolute Gasteiger partial charge is 0.274 e. The first kappa shape index (κ1) is 20.3. The van der Waals surface area contributed by atoms with Gasteiger partial charge in [-0.05, 0) is 24.1 Å². The fourth-order valence-electron chi connectivity index (χ4n) is 4.42. The van der Waals surface area contributed by atoms with Gasteiger partial charge >= 0.3 is 11.4 Å². The number of imide groups is 1. The Morgan fingerprint density at radius 3 is 2.38 bits per heavy atom. The predicted octanol–water partition coefficient (Wildman–Crippen LogP) is 2.35. The third-order valence-electron chi connectivity index (χ3n) is 6.02. The van der Waals surface area contributed by atoms with Crippen LogP contribution in [0.5, 0.6) is 0 Å². The standard InChI is InChI=1S/C23H19ClN4O4/c24-18-8-4-5-9-19(18)27-20(29)16-11-10-15(12-17(16)21(27)30)28-23(32)26(22(31)25-28)13-14-6-2-1-3-7-14/h1-11,15-17H,12-13H2,(H,25,31)/t15-,16+,17-/m0/s1. The van der Waals surface area contributed by atoms with Gasteiger partial charge in [0.2, 0.25) is 11.8 Å². The number of carbonyl (C=O) groups excluding carboxylic acids is 2. The van der Waals surface area contributed by atoms with Crippen LogP contribution in [0.4, 0.5) is 5.69 Å². The van der Waals surface area contributed by atoms with Gasteiger partial charge in [0.15, 0.2) is 0 Å². The molecule has 2 aliphatic rings. The maximum Gasteiger partial charge on any atom is 0.347 e. The van der Waals surface area contributed by atoms with Crippen molar-refractivity contribution in [1.82, 2.24) is 14.3 Å². The Morgan fingerprint density at radius 2 is 1.62 bits per heavy atom. The summed E-state index contributed by atoms with van der Waals surface area (Å²) >= 11 is 6.21. The molecule has 9 heteroatoms. The van der Waals surface area contributed by atoms with Gasteiger partial charge in [0.05, 0.1) is 35.1 Å². The van der Waals surface area contributed by atoms with Gasteiger partial charge in [-0.3, -0.25) is 9.59 Å². The molecule has 5 rings (SSSR count). The summed E-state index contributed by atoms with van der Waals surface area (Å²) in [6, 6.07) is 15.3. The van der Waals surface area contributed by atoms with Crippen molar-refractivity contribution in [2.45, 2.75) is 19.0 Å². The number of hydrogen-bond donors (Lipinski definition) is 1. The van der Waals surface area contributed by atoms with E-state index in [0.29, 0.717) is 10.7 Å². The van der Waals surface area contributed by atoms with Crippen LogP contribution in [0.2, 0.25) is 5.02 Å². The number of aromatic nitrogens is 3. The van der Waals surface area contributed by atoms with Gasteiger partial charge in [-0.2, -0.15) is 0 Å². The second kappa shape index (κ2) is 7.80. The second-order valence-corrected chi connectivity index (χ2v) is 8.33. The lowest BCUT2D eigenvalue weighted by Gasteiger charge is -2.23. The number of para-hydroxylation sites is 1. The highest BCUT2D eigenvalue weighted by molar-refractivity contribution is 6.36. The molecule has 0 spiro atoms. The van der Waals surface area contributed by atoms with Crippen molar-refractivity contribution in [3.63, 3.8) is 0 Å². The third kappa shape index (κ3) is 3.23. The first-order chi connectivity index (χ1) is 15.5. The number of allylic oxidation sites excluding steroid dienone is 1. The van der Waals surface area contributed by atoms with E-state index in [1.165, 1.54) is 4.68 Å². The molecule has 3 atom stereocenters. The number of fused-ring (bicyclic) bond motifs is 1. The molecule has 1 aliphatic heterocycles. The maximum absolute atomic E-state index is 13.1. The second-order valence-electron chi connectivity index (χ2n) is 7.92. The van der Waals surface area contributed by atoms with Crippen molar-refractivity contribution < 1.29 is 9.59 Å². The number of H-pyrrole nitrogens is 1. The predicted molar refractivity (Wildman–Crippen MR) is 119 cm³/mol. The van der Waals surface area contributed by atoms with Crippen molar-refractivity contribution in [3.05, 3.63) is 98.3 Å². The molecule has 0 unspecified atom stereocenters. The quantitative estimate of drug-likeness (QED) is 0.487. The average molecular weight is 451 g/mol. The van der Waals surface area contributed by atoms with Crippen molar-refractivity contribution in [1.29, 1.82) is 0 Å². The number of amides is 2. The van der Waals surface area contributed by atoms with Crippen LogP contribution in [0.1, 0.15) is 18.0 Å². The molecule has 1 aliphatic carbocycles. The largest absolute Gasteiger partial charge is 0.347 e. The molecule has 8 nitrogen and oxygen atoms in total. The van der Waals surface area contributed by atoms with E-state index in [4.69, 9.17) is 11.6 Å². The number of nitrogens with zero attached hydrogens (tertiary/aromatic N) is 3. The summed E-state index contributed by atoms with van der Waals surface area (Å²) < 4.78 is 2.35. The Bertz CT molecular complexity index is 1350. The van der Waals surface area contributed by atoms with E-state index in [0.717, 1.165) is 15.0 Å². The maximum atomic E-state index is 13.1. The number of carbonyl (C=O) groups is 2. The molecule has 2 aromatic carbocycles. The zero-order valence-corrected chi connectivity index (χ0v) is 17.6. The Hall–Kier alpha value is -3.65. The summed E-state index contributed by atoms with van der Waals surface area (Å²) in [5.74, 6) is -1.96. The lowest BCUT2D eigenvalue weighted by Crippen LogP contribution is -2.33. The number of rotatable bonds is 4. The summed E-state index contributed by atoms with van der Waals surface area (Å²) in [7, 11) is 0. The van der Waals surface area contributed by atoms with Gasteiger partial charge in [-0.1, -0.05) is 66.2 Å². The van der Waals surface area contributed by atoms with Crippen molar-refractivity contribution in [3.8, 4) is 0 Å². The van der Waals surface area contributed by atoms with Crippen molar-refractivity contribution >= 4 is 29.1 Å². The van der Waals surface area contributed by atoms with Crippen LogP contribution in [-0.4, -0.2) is 26.2 Å². The number of aromatic amines is 1. The highest BCUT2D eigenvalue weighted by atomic mass is 35.5. The van der Waals surface area contributed by atoms with Crippen molar-refractivity contribution in [2.75, 3.05) is 4.90 Å². The summed E-state index contributed by atoms with van der Waals surface area (Å²) in [4.78, 5) is 52.6. The van der Waals surface area contributed by atoms with Crippen LogP contribution in [0, 0.1) is 11.8 Å². The summed E-state index contributed by atoms with van der Waals surface area (Å²) in [5.41, 5.74) is 0.153. The van der Waals surface area contributed by atoms with E-state index in [1.54, 1.807) is 36.4 Å². The average Bonchev–Trinajstić information content (AvgIpc) is 3.22. The van der Waals surface area contributed by atoms with Crippen molar-refractivity contribution in [2.24, 2.45) is 11.8 Å². The molecule has 0 radical (unpaired) electrons. The number of anilines is 1. The summed E-state index contributed by atoms with van der Waals surface area (Å²) in [6.45, 7) is 0.141. The fourth-order valence-corrected chi connectivity index (χ4v) is 4.64. The van der Waals surface area contributed by atoms with E-state index in [9.17, 15) is 19.2 Å². The third-order valence-corrected chi connectivity index (χ3v) is 6.34. The van der Waals surface area contributed by atoms with E-state index < -0.39 is 29.3 Å². The van der Waals surface area contributed by atoms with Crippen LogP contribution in [0.15, 0.2) is 76.3 Å². The van der Waals surface area contributed by atoms with Gasteiger partial charge in [0, 0.05) is 0 Å². The highest BCUT2D eigenvalue weighted by Crippen LogP contribution is 2.41. The number of nitrogens with one attached hydrogen (secondary N) is 1. The first-order valence-corrected chi connectivity index (χ1v) is 10.6. The molecule has 0 saturated carbocycles. The Kier molecular flexibility index (Phi) is 4.94. The van der Waals surface area contributed by atoms with Crippen LogP contribution in [0.25, 0.3) is 0 Å². The Morgan fingerprint density at radius 1 is 0.906 bits per heavy atom. The molecular weight excluding hydrogens is 432 g/mol. The molecule has 32 heavy (non-hydrogen) atoms. The number of hydrogen-bond acceptors (Lipinski definition) is 4. The number of benzene rings is 2. The molecule has 2 heterocycles. The van der Waals surface area contributed by atoms with Gasteiger partial charge in [0.1, 0.15) is 0 Å². The van der Waals surface area contributed by atoms with Gasteiger partial charge in [-0.15, -0.1) is 0 Å². The molecular formula is C23H19ClN4O4. The van der Waals surface area contributed by atoms with E-state index in [-0.39, 0.29) is 24.8 Å². The monoisotopic (exact) mass is 450 g/mol. The topological polar surface area (TPSA) is 97.2 Å². The molecule has 1 fully saturated rings. The molecule has 1 saturated heterocycles. The zero-order valence-electron chi connectivity index (χ0n) is 16.8.